The summed E-state index contributed by atoms with van der Waals surface area (Å²) in [4.78, 5) is 0. The van der Waals surface area contributed by atoms with Crippen molar-refractivity contribution in [2.45, 2.75) is 0 Å². The standard InChI is InChI=1S/CH5N.Al.2H2O4S/c1-2;;2*1-5(2,3)4/h2H2,1H3;;2*(H2,1,2,3,4)/q;+3;;/p-3. The van der Waals surface area contributed by atoms with Crippen LogP contribution in [0.5, 0.6) is 0 Å². The van der Waals surface area contributed by atoms with E-state index in [4.69, 9.17) is 35.0 Å². The van der Waals surface area contributed by atoms with Crippen LogP contribution in [-0.2, 0) is 20.8 Å². The molecule has 0 radical (unpaired) electrons. The fourth-order valence-corrected chi connectivity index (χ4v) is 0. The second kappa shape index (κ2) is 10.3. The molecule has 0 aliphatic heterocycles. The molecule has 0 saturated carbocycles. The van der Waals surface area contributed by atoms with Gasteiger partial charge in [-0.25, -0.2) is 0 Å². The van der Waals surface area contributed by atoms with Crippen LogP contribution in [0.2, 0.25) is 0 Å². The SMILES string of the molecule is C[NH3+].O=S(=O)([O-])[O-].O=S(=O)([O-])[O-].[Al+3]. The minimum atomic E-state index is -5.17. The van der Waals surface area contributed by atoms with E-state index in [-0.39, 0.29) is 17.4 Å². The Morgan fingerprint density at radius 3 is 0.769 bits per heavy atom. The number of quaternary nitrogens is 1. The first-order valence-electron chi connectivity index (χ1n) is 2.04. The van der Waals surface area contributed by atoms with Crippen LogP contribution in [0.3, 0.4) is 0 Å². The van der Waals surface area contributed by atoms with Crippen molar-refractivity contribution in [1.29, 1.82) is 0 Å². The summed E-state index contributed by atoms with van der Waals surface area (Å²) in [6.45, 7) is 0. The second-order valence-corrected chi connectivity index (χ2v) is 2.45. The zero-order valence-corrected chi connectivity index (χ0v) is 9.15. The van der Waals surface area contributed by atoms with Crippen LogP contribution >= 0.6 is 0 Å². The van der Waals surface area contributed by atoms with E-state index in [9.17, 15) is 0 Å². The molecule has 9 nitrogen and oxygen atoms in total. The molecule has 0 unspecified atom stereocenters. The first-order valence-corrected chi connectivity index (χ1v) is 4.71. The third-order valence-corrected chi connectivity index (χ3v) is 0. The predicted molar refractivity (Wildman–Crippen MR) is 35.5 cm³/mol. The van der Waals surface area contributed by atoms with Gasteiger partial charge in [0.25, 0.3) is 0 Å². The predicted octanol–water partition coefficient (Wildman–Crippen LogP) is -4.20. The zero-order valence-electron chi connectivity index (χ0n) is 6.37. The van der Waals surface area contributed by atoms with Gasteiger partial charge in [-0.1, -0.05) is 0 Å². The van der Waals surface area contributed by atoms with Crippen LogP contribution in [0, 0.1) is 0 Å². The van der Waals surface area contributed by atoms with Gasteiger partial charge in [-0.3, -0.25) is 16.8 Å². The number of rotatable bonds is 0. The van der Waals surface area contributed by atoms with Gasteiger partial charge in [0, 0.05) is 20.8 Å². The van der Waals surface area contributed by atoms with Gasteiger partial charge in [0.2, 0.25) is 0 Å². The van der Waals surface area contributed by atoms with Crippen molar-refractivity contribution in [3.63, 3.8) is 0 Å². The molecule has 0 fully saturated rings. The van der Waals surface area contributed by atoms with Crippen molar-refractivity contribution in [2.24, 2.45) is 0 Å². The molecule has 0 spiro atoms. The summed E-state index contributed by atoms with van der Waals surface area (Å²) in [7, 11) is -8.58. The summed E-state index contributed by atoms with van der Waals surface area (Å²) < 4.78 is 68.2. The third-order valence-electron chi connectivity index (χ3n) is 0. The van der Waals surface area contributed by atoms with Gasteiger partial charge in [0.15, 0.2) is 0 Å². The second-order valence-electron chi connectivity index (χ2n) is 0.816. The Kier molecular flexibility index (Phi) is 18.4. The molecule has 0 heterocycles. The normalized spacial score (nSPS) is 9.38. The Morgan fingerprint density at radius 1 is 0.769 bits per heavy atom. The van der Waals surface area contributed by atoms with E-state index in [2.05, 4.69) is 5.73 Å². The Balaban J connectivity index is -0.0000000491. The average molecular weight is 251 g/mol. The Hall–Kier alpha value is 0.232. The monoisotopic (exact) mass is 251 g/mol. The molecule has 0 bridgehead atoms. The van der Waals surface area contributed by atoms with Gasteiger partial charge < -0.3 is 23.9 Å². The van der Waals surface area contributed by atoms with E-state index < -0.39 is 20.8 Å². The first kappa shape index (κ1) is 23.2. The molecule has 3 N–H and O–H groups in total. The molecule has 0 rings (SSSR count). The summed E-state index contributed by atoms with van der Waals surface area (Å²) in [6, 6.07) is 0. The molecule has 13 heavy (non-hydrogen) atoms. The Bertz CT molecular complexity index is 219. The molecule has 0 aromatic carbocycles. The fourth-order valence-electron chi connectivity index (χ4n) is 0. The summed E-state index contributed by atoms with van der Waals surface area (Å²) in [6.07, 6.45) is 0. The summed E-state index contributed by atoms with van der Waals surface area (Å²) in [5.41, 5.74) is 3.25. The molecule has 0 aliphatic rings. The maximum absolute atomic E-state index is 8.52. The Labute approximate surface area is 86.2 Å². The zero-order chi connectivity index (χ0) is 11.0. The van der Waals surface area contributed by atoms with E-state index in [0.29, 0.717) is 0 Å². The summed E-state index contributed by atoms with van der Waals surface area (Å²) >= 11 is 0. The minimum Gasteiger partial charge on any atom is -0.759 e. The number of hydrogen-bond donors (Lipinski definition) is 1. The molecule has 0 saturated heterocycles. The van der Waals surface area contributed by atoms with Gasteiger partial charge in [0.05, 0.1) is 7.05 Å². The average Bonchev–Trinajstić information content (AvgIpc) is 1.59. The van der Waals surface area contributed by atoms with Gasteiger partial charge in [-0.05, 0) is 0 Å². The molecule has 0 atom stereocenters. The molecule has 12 heteroatoms. The van der Waals surface area contributed by atoms with E-state index in [1.807, 2.05) is 0 Å². The molecule has 78 valence electrons. The maximum Gasteiger partial charge on any atom is 3.00 e. The van der Waals surface area contributed by atoms with Gasteiger partial charge >= 0.3 is 17.4 Å². The number of hydrogen-bond acceptors (Lipinski definition) is 8. The van der Waals surface area contributed by atoms with Gasteiger partial charge in [-0.2, -0.15) is 0 Å². The maximum atomic E-state index is 8.52. The van der Waals surface area contributed by atoms with E-state index in [1.165, 1.54) is 0 Å². The van der Waals surface area contributed by atoms with Crippen molar-refractivity contribution in [2.75, 3.05) is 7.05 Å². The van der Waals surface area contributed by atoms with Gasteiger partial charge in [0.1, 0.15) is 0 Å². The molecule has 0 aromatic heterocycles. The van der Waals surface area contributed by atoms with Crippen LogP contribution in [0.4, 0.5) is 0 Å². The fraction of sp³-hybridized carbons (Fsp3) is 1.00. The van der Waals surface area contributed by atoms with Crippen molar-refractivity contribution in [3.8, 4) is 0 Å². The van der Waals surface area contributed by atoms with Crippen LogP contribution in [0.1, 0.15) is 0 Å². The van der Waals surface area contributed by atoms with Crippen LogP contribution in [-0.4, -0.2) is 59.5 Å². The van der Waals surface area contributed by atoms with Gasteiger partial charge in [-0.15, -0.1) is 0 Å². The summed E-state index contributed by atoms with van der Waals surface area (Å²) in [5, 5.41) is 0. The Morgan fingerprint density at radius 2 is 0.769 bits per heavy atom. The van der Waals surface area contributed by atoms with E-state index in [1.54, 1.807) is 7.05 Å². The molecule has 0 aliphatic carbocycles. The van der Waals surface area contributed by atoms with Crippen molar-refractivity contribution < 1.29 is 40.8 Å². The molecule has 0 amide bonds. The minimum absolute atomic E-state index is 0. The molecular formula is CH6AlNO8S2. The molecular weight excluding hydrogens is 245 g/mol. The smallest absolute Gasteiger partial charge is 0.759 e. The quantitative estimate of drug-likeness (QED) is 0.254. The van der Waals surface area contributed by atoms with Crippen LogP contribution < -0.4 is 5.73 Å². The van der Waals surface area contributed by atoms with E-state index in [0.717, 1.165) is 0 Å². The molecule has 0 aromatic rings. The van der Waals surface area contributed by atoms with E-state index >= 15 is 0 Å². The first-order chi connectivity index (χ1) is 5.00. The topological polar surface area (TPSA) is 188 Å². The van der Waals surface area contributed by atoms with Crippen LogP contribution in [0.25, 0.3) is 0 Å². The van der Waals surface area contributed by atoms with Crippen LogP contribution in [0.15, 0.2) is 0 Å². The van der Waals surface area contributed by atoms with Crippen molar-refractivity contribution in [3.05, 3.63) is 0 Å². The summed E-state index contributed by atoms with van der Waals surface area (Å²) in [5.74, 6) is 0. The largest absolute Gasteiger partial charge is 3.00 e. The van der Waals surface area contributed by atoms with Crippen molar-refractivity contribution >= 4 is 38.2 Å². The third kappa shape index (κ3) is 23700. The van der Waals surface area contributed by atoms with Crippen molar-refractivity contribution in [1.82, 2.24) is 0 Å².